The predicted octanol–water partition coefficient (Wildman–Crippen LogP) is 1.18. The maximum absolute atomic E-state index is 12.8. The second-order valence-corrected chi connectivity index (χ2v) is 10.1. The number of nitrogens with zero attached hydrogens (tertiary/aromatic N) is 3. The van der Waals surface area contributed by atoms with Gasteiger partial charge in [0.25, 0.3) is 0 Å². The van der Waals surface area contributed by atoms with Gasteiger partial charge in [-0.3, -0.25) is 9.69 Å². The molecule has 1 N–H and O–H groups in total. The van der Waals surface area contributed by atoms with Crippen molar-refractivity contribution in [3.05, 3.63) is 29.8 Å². The molecule has 0 saturated carbocycles. The summed E-state index contributed by atoms with van der Waals surface area (Å²) in [5, 5.41) is 11.9. The van der Waals surface area contributed by atoms with Gasteiger partial charge in [-0.05, 0) is 51.0 Å². The molecule has 2 aliphatic heterocycles. The molecule has 2 heterocycles. The first-order chi connectivity index (χ1) is 14.3. The van der Waals surface area contributed by atoms with Crippen molar-refractivity contribution in [1.82, 2.24) is 14.5 Å². The van der Waals surface area contributed by atoms with Gasteiger partial charge in [0.15, 0.2) is 0 Å². The second kappa shape index (κ2) is 9.88. The third-order valence-corrected chi connectivity index (χ3v) is 7.58. The number of benzene rings is 1. The van der Waals surface area contributed by atoms with E-state index in [1.54, 1.807) is 0 Å². The molecule has 0 radical (unpaired) electrons. The number of sulfonamides is 1. The molecule has 3 rings (SSSR count). The molecule has 8 nitrogen and oxygen atoms in total. The molecule has 30 heavy (non-hydrogen) atoms. The summed E-state index contributed by atoms with van der Waals surface area (Å²) in [5.74, 6) is -0.167. The second-order valence-electron chi connectivity index (χ2n) is 8.12. The number of morpholine rings is 1. The molecule has 0 aliphatic carbocycles. The zero-order valence-electron chi connectivity index (χ0n) is 17.6. The highest BCUT2D eigenvalue weighted by molar-refractivity contribution is 7.89. The van der Waals surface area contributed by atoms with Crippen molar-refractivity contribution >= 4 is 15.9 Å². The first kappa shape index (κ1) is 22.7. The zero-order valence-corrected chi connectivity index (χ0v) is 18.4. The van der Waals surface area contributed by atoms with E-state index in [9.17, 15) is 13.2 Å². The summed E-state index contributed by atoms with van der Waals surface area (Å²) in [6.07, 6.45) is 1.42. The molecule has 2 fully saturated rings. The Labute approximate surface area is 178 Å². The first-order valence-electron chi connectivity index (χ1n) is 10.5. The van der Waals surface area contributed by atoms with Gasteiger partial charge < -0.3 is 10.1 Å². The summed E-state index contributed by atoms with van der Waals surface area (Å²) in [7, 11) is -3.60. The minimum Gasteiger partial charge on any atom is -0.373 e. The highest BCUT2D eigenvalue weighted by Crippen LogP contribution is 2.24. The Morgan fingerprint density at radius 1 is 1.17 bits per heavy atom. The third-order valence-electron chi connectivity index (χ3n) is 5.67. The fourth-order valence-corrected chi connectivity index (χ4v) is 5.63. The minimum absolute atomic E-state index is 0.000206. The standard InChI is InChI=1S/C21H30N4O4S/c1-16-14-24(15-17(2)29-16)12-9-23-21(26)19-7-10-25(11-8-19)30(27,28)20-5-3-18(13-22)4-6-20/h3-6,16-17,19H,7-12,14-15H2,1-2H3,(H,23,26). The number of carbonyl (C=O) groups is 1. The summed E-state index contributed by atoms with van der Waals surface area (Å²) in [4.78, 5) is 15.0. The summed E-state index contributed by atoms with van der Waals surface area (Å²) < 4.78 is 32.7. The average Bonchev–Trinajstić information content (AvgIpc) is 2.73. The smallest absolute Gasteiger partial charge is 0.243 e. The molecule has 0 bridgehead atoms. The lowest BCUT2D eigenvalue weighted by atomic mass is 9.97. The molecule has 2 atom stereocenters. The van der Waals surface area contributed by atoms with Crippen molar-refractivity contribution in [2.24, 2.45) is 5.92 Å². The van der Waals surface area contributed by atoms with Crippen LogP contribution >= 0.6 is 0 Å². The highest BCUT2D eigenvalue weighted by Gasteiger charge is 2.32. The fourth-order valence-electron chi connectivity index (χ4n) is 4.16. The van der Waals surface area contributed by atoms with Crippen LogP contribution in [0, 0.1) is 17.2 Å². The molecule has 1 aromatic carbocycles. The Balaban J connectivity index is 1.45. The zero-order chi connectivity index (χ0) is 21.7. The van der Waals surface area contributed by atoms with Crippen LogP contribution in [0.15, 0.2) is 29.2 Å². The minimum atomic E-state index is -3.60. The van der Waals surface area contributed by atoms with E-state index in [1.165, 1.54) is 28.6 Å². The number of amides is 1. The van der Waals surface area contributed by atoms with Gasteiger partial charge in [-0.1, -0.05) is 0 Å². The summed E-state index contributed by atoms with van der Waals surface area (Å²) in [6.45, 7) is 7.86. The summed E-state index contributed by atoms with van der Waals surface area (Å²) in [6, 6.07) is 7.91. The molecule has 2 unspecified atom stereocenters. The normalized spacial score (nSPS) is 24.3. The van der Waals surface area contributed by atoms with Gasteiger partial charge in [-0.15, -0.1) is 0 Å². The van der Waals surface area contributed by atoms with E-state index in [4.69, 9.17) is 10.00 Å². The quantitative estimate of drug-likeness (QED) is 0.721. The largest absolute Gasteiger partial charge is 0.373 e. The van der Waals surface area contributed by atoms with Crippen LogP contribution in [0.4, 0.5) is 0 Å². The molecule has 9 heteroatoms. The van der Waals surface area contributed by atoms with Crippen LogP contribution in [-0.2, 0) is 19.6 Å². The van der Waals surface area contributed by atoms with Gasteiger partial charge >= 0.3 is 0 Å². The lowest BCUT2D eigenvalue weighted by Crippen LogP contribution is -2.48. The van der Waals surface area contributed by atoms with E-state index in [0.29, 0.717) is 38.0 Å². The average molecular weight is 435 g/mol. The third kappa shape index (κ3) is 5.58. The number of ether oxygens (including phenoxy) is 1. The lowest BCUT2D eigenvalue weighted by Gasteiger charge is -2.35. The lowest BCUT2D eigenvalue weighted by molar-refractivity contribution is -0.126. The molecule has 1 aromatic rings. The van der Waals surface area contributed by atoms with E-state index in [2.05, 4.69) is 24.1 Å². The van der Waals surface area contributed by atoms with E-state index in [0.717, 1.165) is 19.6 Å². The van der Waals surface area contributed by atoms with Crippen LogP contribution < -0.4 is 5.32 Å². The van der Waals surface area contributed by atoms with E-state index >= 15 is 0 Å². The Morgan fingerprint density at radius 3 is 2.33 bits per heavy atom. The molecular formula is C21H30N4O4S. The molecular weight excluding hydrogens is 404 g/mol. The maximum Gasteiger partial charge on any atom is 0.243 e. The van der Waals surface area contributed by atoms with Gasteiger partial charge in [0, 0.05) is 45.2 Å². The Kier molecular flexibility index (Phi) is 7.47. The number of piperidine rings is 1. The van der Waals surface area contributed by atoms with Crippen LogP contribution in [0.1, 0.15) is 32.3 Å². The van der Waals surface area contributed by atoms with E-state index in [1.807, 2.05) is 6.07 Å². The number of hydrogen-bond donors (Lipinski definition) is 1. The molecule has 164 valence electrons. The van der Waals surface area contributed by atoms with Gasteiger partial charge in [-0.25, -0.2) is 8.42 Å². The molecule has 2 aliphatic rings. The number of rotatable bonds is 6. The summed E-state index contributed by atoms with van der Waals surface area (Å²) >= 11 is 0. The van der Waals surface area contributed by atoms with Crippen molar-refractivity contribution < 1.29 is 17.9 Å². The van der Waals surface area contributed by atoms with Crippen molar-refractivity contribution in [3.8, 4) is 6.07 Å². The van der Waals surface area contributed by atoms with E-state index in [-0.39, 0.29) is 28.9 Å². The fraction of sp³-hybridized carbons (Fsp3) is 0.619. The highest BCUT2D eigenvalue weighted by atomic mass is 32.2. The van der Waals surface area contributed by atoms with Crippen molar-refractivity contribution in [3.63, 3.8) is 0 Å². The monoisotopic (exact) mass is 434 g/mol. The van der Waals surface area contributed by atoms with Crippen LogP contribution in [0.5, 0.6) is 0 Å². The van der Waals surface area contributed by atoms with Gasteiger partial charge in [-0.2, -0.15) is 9.57 Å². The molecule has 2 saturated heterocycles. The van der Waals surface area contributed by atoms with Gasteiger partial charge in [0.1, 0.15) is 0 Å². The molecule has 0 spiro atoms. The van der Waals surface area contributed by atoms with Crippen molar-refractivity contribution in [1.29, 1.82) is 5.26 Å². The number of carbonyl (C=O) groups excluding carboxylic acids is 1. The van der Waals surface area contributed by atoms with Gasteiger partial charge in [0.2, 0.25) is 15.9 Å². The Morgan fingerprint density at radius 2 is 1.77 bits per heavy atom. The first-order valence-corrected chi connectivity index (χ1v) is 11.9. The summed E-state index contributed by atoms with van der Waals surface area (Å²) in [5.41, 5.74) is 0.422. The Hall–Kier alpha value is -1.99. The van der Waals surface area contributed by atoms with Crippen LogP contribution in [-0.4, -0.2) is 75.0 Å². The van der Waals surface area contributed by atoms with Crippen molar-refractivity contribution in [2.75, 3.05) is 39.3 Å². The van der Waals surface area contributed by atoms with Crippen LogP contribution in [0.25, 0.3) is 0 Å². The molecule has 0 aromatic heterocycles. The van der Waals surface area contributed by atoms with Crippen molar-refractivity contribution in [2.45, 2.75) is 43.8 Å². The predicted molar refractivity (Wildman–Crippen MR) is 112 cm³/mol. The number of nitriles is 1. The van der Waals surface area contributed by atoms with Crippen LogP contribution in [0.2, 0.25) is 0 Å². The van der Waals surface area contributed by atoms with Gasteiger partial charge in [0.05, 0.1) is 28.7 Å². The van der Waals surface area contributed by atoms with Crippen LogP contribution in [0.3, 0.4) is 0 Å². The maximum atomic E-state index is 12.8. The SMILES string of the molecule is CC1CN(CCNC(=O)C2CCN(S(=O)(=O)c3ccc(C#N)cc3)CC2)CC(C)O1. The number of nitrogens with one attached hydrogen (secondary N) is 1. The topological polar surface area (TPSA) is 103 Å². The number of hydrogen-bond acceptors (Lipinski definition) is 6. The molecule has 1 amide bonds. The Bertz CT molecular complexity index is 863. The van der Waals surface area contributed by atoms with E-state index < -0.39 is 10.0 Å².